The van der Waals surface area contributed by atoms with Gasteiger partial charge in [0.2, 0.25) is 5.88 Å². The van der Waals surface area contributed by atoms with Crippen LogP contribution in [0, 0.1) is 12.3 Å². The molecule has 1 unspecified atom stereocenters. The second kappa shape index (κ2) is 6.09. The minimum Gasteiger partial charge on any atom is -0.467 e. The van der Waals surface area contributed by atoms with Crippen LogP contribution in [0.25, 0.3) is 0 Å². The van der Waals surface area contributed by atoms with Gasteiger partial charge in [-0.15, -0.1) is 6.42 Å². The highest BCUT2D eigenvalue weighted by molar-refractivity contribution is 5.92. The Morgan fingerprint density at radius 3 is 2.84 bits per heavy atom. The SMILES string of the molecule is C#CC(C)OC(=O)c1cccnc1OCC(F)(F)F. The molecule has 0 N–H and O–H groups in total. The van der Waals surface area contributed by atoms with Crippen molar-refractivity contribution in [3.63, 3.8) is 0 Å². The minimum atomic E-state index is -4.52. The Kier molecular flexibility index (Phi) is 4.75. The minimum absolute atomic E-state index is 0.214. The Labute approximate surface area is 107 Å². The quantitative estimate of drug-likeness (QED) is 0.623. The smallest absolute Gasteiger partial charge is 0.422 e. The summed E-state index contributed by atoms with van der Waals surface area (Å²) in [7, 11) is 0. The number of nitrogens with zero attached hydrogens (tertiary/aromatic N) is 1. The van der Waals surface area contributed by atoms with E-state index in [1.54, 1.807) is 0 Å². The van der Waals surface area contributed by atoms with Crippen LogP contribution in [-0.4, -0.2) is 29.8 Å². The van der Waals surface area contributed by atoms with Crippen LogP contribution in [0.2, 0.25) is 0 Å². The summed E-state index contributed by atoms with van der Waals surface area (Å²) in [5.41, 5.74) is -0.214. The molecule has 1 aromatic rings. The van der Waals surface area contributed by atoms with E-state index >= 15 is 0 Å². The van der Waals surface area contributed by atoms with Crippen LogP contribution in [0.15, 0.2) is 18.3 Å². The lowest BCUT2D eigenvalue weighted by molar-refractivity contribution is -0.154. The first-order valence-electron chi connectivity index (χ1n) is 5.15. The zero-order valence-electron chi connectivity index (χ0n) is 9.90. The van der Waals surface area contributed by atoms with Crippen molar-refractivity contribution in [2.24, 2.45) is 0 Å². The lowest BCUT2D eigenvalue weighted by Gasteiger charge is -2.12. The number of aromatic nitrogens is 1. The van der Waals surface area contributed by atoms with Gasteiger partial charge in [-0.2, -0.15) is 13.2 Å². The summed E-state index contributed by atoms with van der Waals surface area (Å²) < 4.78 is 45.4. The van der Waals surface area contributed by atoms with E-state index in [0.29, 0.717) is 0 Å². The monoisotopic (exact) mass is 273 g/mol. The van der Waals surface area contributed by atoms with E-state index < -0.39 is 30.7 Å². The van der Waals surface area contributed by atoms with Gasteiger partial charge in [0.25, 0.3) is 0 Å². The lowest BCUT2D eigenvalue weighted by atomic mass is 10.2. The zero-order valence-corrected chi connectivity index (χ0v) is 9.90. The molecule has 1 atom stereocenters. The molecule has 102 valence electrons. The summed E-state index contributed by atoms with van der Waals surface area (Å²) in [6, 6.07) is 2.61. The highest BCUT2D eigenvalue weighted by atomic mass is 19.4. The third kappa shape index (κ3) is 4.87. The number of halogens is 3. The van der Waals surface area contributed by atoms with E-state index in [2.05, 4.69) is 15.6 Å². The maximum absolute atomic E-state index is 12.0. The maximum Gasteiger partial charge on any atom is 0.422 e. The molecule has 0 aromatic carbocycles. The topological polar surface area (TPSA) is 48.4 Å². The lowest BCUT2D eigenvalue weighted by Crippen LogP contribution is -2.21. The van der Waals surface area contributed by atoms with Gasteiger partial charge in [0.05, 0.1) is 0 Å². The second-order valence-electron chi connectivity index (χ2n) is 3.47. The number of esters is 1. The van der Waals surface area contributed by atoms with Crippen LogP contribution in [0.5, 0.6) is 5.88 Å². The van der Waals surface area contributed by atoms with Gasteiger partial charge in [-0.05, 0) is 19.1 Å². The van der Waals surface area contributed by atoms with Gasteiger partial charge in [-0.1, -0.05) is 5.92 Å². The summed E-state index contributed by atoms with van der Waals surface area (Å²) in [5.74, 6) is 0.814. The third-order valence-electron chi connectivity index (χ3n) is 1.88. The number of hydrogen-bond acceptors (Lipinski definition) is 4. The Morgan fingerprint density at radius 2 is 2.26 bits per heavy atom. The van der Waals surface area contributed by atoms with Crippen LogP contribution in [-0.2, 0) is 4.74 Å². The molecule has 0 aliphatic heterocycles. The van der Waals surface area contributed by atoms with E-state index in [0.717, 1.165) is 0 Å². The predicted octanol–water partition coefficient (Wildman–Crippen LogP) is 2.20. The van der Waals surface area contributed by atoms with Crippen molar-refractivity contribution in [1.29, 1.82) is 0 Å². The standard InChI is InChI=1S/C12H10F3NO3/c1-3-8(2)19-11(17)9-5-4-6-16-10(9)18-7-12(13,14)15/h1,4-6,8H,7H2,2H3. The van der Waals surface area contributed by atoms with E-state index in [1.165, 1.54) is 25.3 Å². The fourth-order valence-electron chi connectivity index (χ4n) is 1.07. The first-order valence-corrected chi connectivity index (χ1v) is 5.15. The van der Waals surface area contributed by atoms with Crippen LogP contribution >= 0.6 is 0 Å². The molecule has 0 saturated heterocycles. The van der Waals surface area contributed by atoms with Gasteiger partial charge in [0, 0.05) is 6.20 Å². The molecule has 1 rings (SSSR count). The van der Waals surface area contributed by atoms with Gasteiger partial charge in [0.1, 0.15) is 5.56 Å². The Balaban J connectivity index is 2.84. The molecule has 0 aliphatic rings. The van der Waals surface area contributed by atoms with Gasteiger partial charge >= 0.3 is 12.1 Å². The molecule has 4 nitrogen and oxygen atoms in total. The number of carbonyl (C=O) groups is 1. The van der Waals surface area contributed by atoms with Crippen molar-refractivity contribution in [3.8, 4) is 18.2 Å². The molecular weight excluding hydrogens is 263 g/mol. The fourth-order valence-corrected chi connectivity index (χ4v) is 1.07. The average molecular weight is 273 g/mol. The summed E-state index contributed by atoms with van der Waals surface area (Å²) in [4.78, 5) is 15.2. The molecule has 0 amide bonds. The molecule has 0 aliphatic carbocycles. The average Bonchev–Trinajstić information content (AvgIpc) is 2.35. The normalized spacial score (nSPS) is 12.4. The molecule has 0 bridgehead atoms. The van der Waals surface area contributed by atoms with Gasteiger partial charge in [-0.25, -0.2) is 9.78 Å². The molecule has 1 heterocycles. The van der Waals surface area contributed by atoms with Crippen molar-refractivity contribution < 1.29 is 27.4 Å². The molecule has 1 aromatic heterocycles. The first-order chi connectivity index (χ1) is 8.83. The summed E-state index contributed by atoms with van der Waals surface area (Å²) >= 11 is 0. The van der Waals surface area contributed by atoms with Crippen molar-refractivity contribution in [3.05, 3.63) is 23.9 Å². The number of pyridine rings is 1. The van der Waals surface area contributed by atoms with Gasteiger partial charge in [0.15, 0.2) is 12.7 Å². The highest BCUT2D eigenvalue weighted by Gasteiger charge is 2.29. The zero-order chi connectivity index (χ0) is 14.5. The second-order valence-corrected chi connectivity index (χ2v) is 3.47. The van der Waals surface area contributed by atoms with Crippen molar-refractivity contribution in [2.75, 3.05) is 6.61 Å². The Bertz CT molecular complexity index is 494. The number of terminal acetylenes is 1. The number of ether oxygens (including phenoxy) is 2. The molecule has 19 heavy (non-hydrogen) atoms. The molecule has 0 radical (unpaired) electrons. The molecule has 0 fully saturated rings. The highest BCUT2D eigenvalue weighted by Crippen LogP contribution is 2.20. The molecule has 7 heteroatoms. The largest absolute Gasteiger partial charge is 0.467 e. The Hall–Kier alpha value is -2.23. The number of rotatable bonds is 4. The van der Waals surface area contributed by atoms with E-state index in [9.17, 15) is 18.0 Å². The van der Waals surface area contributed by atoms with E-state index in [1.807, 2.05) is 0 Å². The molecular formula is C12H10F3NO3. The maximum atomic E-state index is 12.0. The van der Waals surface area contributed by atoms with Gasteiger partial charge < -0.3 is 9.47 Å². The van der Waals surface area contributed by atoms with Crippen LogP contribution in [0.1, 0.15) is 17.3 Å². The molecule has 0 saturated carbocycles. The van der Waals surface area contributed by atoms with Crippen molar-refractivity contribution in [2.45, 2.75) is 19.2 Å². The van der Waals surface area contributed by atoms with Gasteiger partial charge in [-0.3, -0.25) is 0 Å². The van der Waals surface area contributed by atoms with Crippen molar-refractivity contribution in [1.82, 2.24) is 4.98 Å². The third-order valence-corrected chi connectivity index (χ3v) is 1.88. The molecule has 0 spiro atoms. The van der Waals surface area contributed by atoms with E-state index in [-0.39, 0.29) is 5.56 Å². The Morgan fingerprint density at radius 1 is 1.58 bits per heavy atom. The number of hydrogen-bond donors (Lipinski definition) is 0. The first kappa shape index (κ1) is 14.8. The summed E-state index contributed by atoms with van der Waals surface area (Å²) in [5, 5.41) is 0. The predicted molar refractivity (Wildman–Crippen MR) is 59.5 cm³/mol. The fraction of sp³-hybridized carbons (Fsp3) is 0.333. The summed E-state index contributed by atoms with van der Waals surface area (Å²) in [6.45, 7) is -0.0977. The van der Waals surface area contributed by atoms with Crippen LogP contribution in [0.4, 0.5) is 13.2 Å². The van der Waals surface area contributed by atoms with Crippen molar-refractivity contribution >= 4 is 5.97 Å². The number of alkyl halides is 3. The summed E-state index contributed by atoms with van der Waals surface area (Å²) in [6.07, 6.45) is 0.905. The van der Waals surface area contributed by atoms with Crippen LogP contribution in [0.3, 0.4) is 0 Å². The van der Waals surface area contributed by atoms with Crippen LogP contribution < -0.4 is 4.74 Å². The number of carbonyl (C=O) groups excluding carboxylic acids is 1. The van der Waals surface area contributed by atoms with E-state index in [4.69, 9.17) is 11.2 Å².